The molecule has 0 spiro atoms. The van der Waals surface area contributed by atoms with Gasteiger partial charge in [0, 0.05) is 5.56 Å². The SMILES string of the molecule is Cc1oc2c(c(C)cc3occ(C)c32)c(=O)c1C. The normalized spacial score (nSPS) is 11.6. The van der Waals surface area contributed by atoms with Crippen molar-refractivity contribution in [3.05, 3.63) is 45.0 Å². The number of fused-ring (bicyclic) bond motifs is 3. The first kappa shape index (κ1) is 11.1. The van der Waals surface area contributed by atoms with Gasteiger partial charge in [-0.15, -0.1) is 0 Å². The van der Waals surface area contributed by atoms with E-state index >= 15 is 0 Å². The Balaban J connectivity index is 2.73. The fraction of sp³-hybridized carbons (Fsp3) is 0.267. The number of rotatable bonds is 0. The molecule has 0 saturated carbocycles. The summed E-state index contributed by atoms with van der Waals surface area (Å²) in [5.41, 5.74) is 4.01. The lowest BCUT2D eigenvalue weighted by Gasteiger charge is -2.06. The third kappa shape index (κ3) is 1.27. The molecule has 0 unspecified atom stereocenters. The first-order valence-corrected chi connectivity index (χ1v) is 5.92. The Kier molecular flexibility index (Phi) is 2.14. The van der Waals surface area contributed by atoms with E-state index in [4.69, 9.17) is 8.83 Å². The van der Waals surface area contributed by atoms with Crippen molar-refractivity contribution in [2.75, 3.05) is 0 Å². The first-order valence-electron chi connectivity index (χ1n) is 5.92. The van der Waals surface area contributed by atoms with Gasteiger partial charge in [-0.3, -0.25) is 4.79 Å². The maximum atomic E-state index is 12.4. The van der Waals surface area contributed by atoms with E-state index in [1.807, 2.05) is 26.8 Å². The van der Waals surface area contributed by atoms with E-state index < -0.39 is 0 Å². The minimum Gasteiger partial charge on any atom is -0.464 e. The predicted molar refractivity (Wildman–Crippen MR) is 71.2 cm³/mol. The largest absolute Gasteiger partial charge is 0.464 e. The molecule has 2 heterocycles. The molecular weight excluding hydrogens is 228 g/mol. The second kappa shape index (κ2) is 3.48. The van der Waals surface area contributed by atoms with Crippen LogP contribution in [-0.2, 0) is 0 Å². The zero-order valence-corrected chi connectivity index (χ0v) is 10.9. The molecule has 0 aliphatic carbocycles. The summed E-state index contributed by atoms with van der Waals surface area (Å²) >= 11 is 0. The molecule has 2 aromatic heterocycles. The van der Waals surface area contributed by atoms with Crippen molar-refractivity contribution in [1.29, 1.82) is 0 Å². The van der Waals surface area contributed by atoms with E-state index in [1.54, 1.807) is 13.2 Å². The summed E-state index contributed by atoms with van der Waals surface area (Å²) in [6.45, 7) is 7.48. The monoisotopic (exact) mass is 242 g/mol. The Bertz CT molecular complexity index is 834. The second-order valence-corrected chi connectivity index (χ2v) is 4.80. The van der Waals surface area contributed by atoms with Crippen molar-refractivity contribution in [2.45, 2.75) is 27.7 Å². The standard InChI is InChI=1S/C15H14O3/c1-7-5-11-12(8(2)6-17-11)15-13(7)14(16)9(3)10(4)18-15/h5-6H,1-4H3. The van der Waals surface area contributed by atoms with Crippen LogP contribution >= 0.6 is 0 Å². The van der Waals surface area contributed by atoms with E-state index in [9.17, 15) is 4.79 Å². The van der Waals surface area contributed by atoms with Crippen LogP contribution < -0.4 is 5.43 Å². The molecule has 0 aliphatic heterocycles. The molecule has 1 aromatic carbocycles. The number of hydrogen-bond donors (Lipinski definition) is 0. The van der Waals surface area contributed by atoms with Crippen molar-refractivity contribution >= 4 is 21.9 Å². The van der Waals surface area contributed by atoms with E-state index in [0.717, 1.165) is 22.1 Å². The zero-order valence-electron chi connectivity index (χ0n) is 10.9. The van der Waals surface area contributed by atoms with Crippen LogP contribution in [0.3, 0.4) is 0 Å². The van der Waals surface area contributed by atoms with Gasteiger partial charge in [-0.05, 0) is 44.9 Å². The highest BCUT2D eigenvalue weighted by atomic mass is 16.3. The van der Waals surface area contributed by atoms with Gasteiger partial charge in [0.05, 0.1) is 17.0 Å². The molecule has 0 aliphatic rings. The molecule has 0 amide bonds. The topological polar surface area (TPSA) is 43.4 Å². The van der Waals surface area contributed by atoms with Gasteiger partial charge in [-0.2, -0.15) is 0 Å². The maximum Gasteiger partial charge on any atom is 0.196 e. The molecular formula is C15H14O3. The van der Waals surface area contributed by atoms with Crippen molar-refractivity contribution in [1.82, 2.24) is 0 Å². The molecule has 18 heavy (non-hydrogen) atoms. The molecule has 3 rings (SSSR count). The lowest BCUT2D eigenvalue weighted by atomic mass is 10.0. The van der Waals surface area contributed by atoms with E-state index in [1.165, 1.54) is 0 Å². The summed E-state index contributed by atoms with van der Waals surface area (Å²) in [4.78, 5) is 12.4. The third-order valence-corrected chi connectivity index (χ3v) is 3.55. The zero-order chi connectivity index (χ0) is 13.0. The number of hydrogen-bond acceptors (Lipinski definition) is 3. The average molecular weight is 242 g/mol. The fourth-order valence-corrected chi connectivity index (χ4v) is 2.40. The summed E-state index contributed by atoms with van der Waals surface area (Å²) in [5.74, 6) is 0.667. The minimum atomic E-state index is 0.0498. The molecule has 3 aromatic rings. The van der Waals surface area contributed by atoms with Crippen LogP contribution in [0, 0.1) is 27.7 Å². The van der Waals surface area contributed by atoms with Gasteiger partial charge in [0.15, 0.2) is 5.43 Å². The average Bonchev–Trinajstić information content (AvgIpc) is 2.67. The molecule has 0 N–H and O–H groups in total. The van der Waals surface area contributed by atoms with Crippen molar-refractivity contribution < 1.29 is 8.83 Å². The van der Waals surface area contributed by atoms with Crippen LogP contribution in [-0.4, -0.2) is 0 Å². The van der Waals surface area contributed by atoms with Gasteiger partial charge in [0.25, 0.3) is 0 Å². The lowest BCUT2D eigenvalue weighted by Crippen LogP contribution is -2.08. The van der Waals surface area contributed by atoms with Crippen molar-refractivity contribution in [3.8, 4) is 0 Å². The fourth-order valence-electron chi connectivity index (χ4n) is 2.40. The quantitative estimate of drug-likeness (QED) is 0.602. The molecule has 3 heteroatoms. The maximum absolute atomic E-state index is 12.4. The van der Waals surface area contributed by atoms with Gasteiger partial charge in [-0.1, -0.05) is 0 Å². The molecule has 3 nitrogen and oxygen atoms in total. The van der Waals surface area contributed by atoms with Crippen molar-refractivity contribution in [2.24, 2.45) is 0 Å². The van der Waals surface area contributed by atoms with Crippen LogP contribution in [0.2, 0.25) is 0 Å². The first-order chi connectivity index (χ1) is 8.50. The van der Waals surface area contributed by atoms with Crippen LogP contribution in [0.5, 0.6) is 0 Å². The Hall–Kier alpha value is -2.03. The second-order valence-electron chi connectivity index (χ2n) is 4.80. The van der Waals surface area contributed by atoms with Crippen LogP contribution in [0.4, 0.5) is 0 Å². The molecule has 0 bridgehead atoms. The van der Waals surface area contributed by atoms with Gasteiger partial charge >= 0.3 is 0 Å². The highest BCUT2D eigenvalue weighted by Crippen LogP contribution is 2.31. The molecule has 0 radical (unpaired) electrons. The van der Waals surface area contributed by atoms with Gasteiger partial charge in [-0.25, -0.2) is 0 Å². The number of benzene rings is 1. The number of furan rings is 1. The summed E-state index contributed by atoms with van der Waals surface area (Å²) < 4.78 is 11.3. The van der Waals surface area contributed by atoms with E-state index in [2.05, 4.69) is 0 Å². The summed E-state index contributed by atoms with van der Waals surface area (Å²) in [6, 6.07) is 1.90. The highest BCUT2D eigenvalue weighted by Gasteiger charge is 2.16. The molecule has 0 fully saturated rings. The van der Waals surface area contributed by atoms with Gasteiger partial charge in [0.1, 0.15) is 16.9 Å². The molecule has 0 atom stereocenters. The summed E-state index contributed by atoms with van der Waals surface area (Å²) in [7, 11) is 0. The van der Waals surface area contributed by atoms with Gasteiger partial charge in [0.2, 0.25) is 0 Å². The molecule has 0 saturated heterocycles. The van der Waals surface area contributed by atoms with E-state index in [-0.39, 0.29) is 5.43 Å². The van der Waals surface area contributed by atoms with Crippen molar-refractivity contribution in [3.63, 3.8) is 0 Å². The smallest absolute Gasteiger partial charge is 0.196 e. The Morgan fingerprint density at radius 3 is 2.44 bits per heavy atom. The van der Waals surface area contributed by atoms with Crippen LogP contribution in [0.25, 0.3) is 21.9 Å². The Labute approximate surface area is 104 Å². The van der Waals surface area contributed by atoms with Gasteiger partial charge < -0.3 is 8.83 Å². The summed E-state index contributed by atoms with van der Waals surface area (Å²) in [6.07, 6.45) is 1.69. The minimum absolute atomic E-state index is 0.0498. The van der Waals surface area contributed by atoms with Crippen LogP contribution in [0.15, 0.2) is 26.0 Å². The predicted octanol–water partition coefficient (Wildman–Crippen LogP) is 3.77. The molecule has 92 valence electrons. The lowest BCUT2D eigenvalue weighted by molar-refractivity contribution is 0.561. The third-order valence-electron chi connectivity index (χ3n) is 3.55. The van der Waals surface area contributed by atoms with Crippen LogP contribution in [0.1, 0.15) is 22.5 Å². The van der Waals surface area contributed by atoms with E-state index in [0.29, 0.717) is 22.3 Å². The highest BCUT2D eigenvalue weighted by molar-refractivity contribution is 6.05. The Morgan fingerprint density at radius 1 is 1.00 bits per heavy atom. The Morgan fingerprint density at radius 2 is 1.72 bits per heavy atom. The summed E-state index contributed by atoms with van der Waals surface area (Å²) in [5, 5.41) is 1.56. The number of aryl methyl sites for hydroxylation is 3.